The first kappa shape index (κ1) is 9.11. The number of para-hydroxylation sites is 1. The third-order valence-electron chi connectivity index (χ3n) is 1.68. The maximum Gasteiger partial charge on any atom is 0.299 e. The molecule has 2 rings (SSSR count). The minimum atomic E-state index is -0.0466. The number of ether oxygens (including phenoxy) is 1. The molecule has 72 valence electrons. The van der Waals surface area contributed by atoms with E-state index in [1.54, 1.807) is 17.6 Å². The van der Waals surface area contributed by atoms with Crippen LogP contribution in [-0.2, 0) is 6.61 Å². The van der Waals surface area contributed by atoms with Gasteiger partial charge in [0.05, 0.1) is 6.61 Å². The van der Waals surface area contributed by atoms with Crippen molar-refractivity contribution in [3.8, 4) is 10.9 Å². The van der Waals surface area contributed by atoms with Crippen molar-refractivity contribution in [1.82, 2.24) is 10.2 Å². The normalized spacial score (nSPS) is 10.1. The molecule has 0 spiro atoms. The largest absolute Gasteiger partial charge is 0.429 e. The zero-order valence-electron chi connectivity index (χ0n) is 7.25. The fourth-order valence-electron chi connectivity index (χ4n) is 1.04. The smallest absolute Gasteiger partial charge is 0.299 e. The molecule has 0 saturated heterocycles. The molecule has 0 bridgehead atoms. The van der Waals surface area contributed by atoms with Crippen molar-refractivity contribution < 1.29 is 9.84 Å². The van der Waals surface area contributed by atoms with Crippen LogP contribution in [0, 0.1) is 0 Å². The van der Waals surface area contributed by atoms with Gasteiger partial charge in [-0.3, -0.25) is 0 Å². The van der Waals surface area contributed by atoms with Crippen LogP contribution in [0.15, 0.2) is 29.8 Å². The number of hydrogen-bond donors (Lipinski definition) is 1. The number of aliphatic hydroxyl groups excluding tert-OH is 1. The molecule has 0 aliphatic heterocycles. The quantitative estimate of drug-likeness (QED) is 0.836. The Hall–Kier alpha value is -1.46. The van der Waals surface area contributed by atoms with E-state index in [2.05, 4.69) is 10.2 Å². The molecule has 0 aliphatic carbocycles. The van der Waals surface area contributed by atoms with Crippen molar-refractivity contribution in [3.05, 3.63) is 35.3 Å². The van der Waals surface area contributed by atoms with Crippen molar-refractivity contribution in [2.75, 3.05) is 0 Å². The zero-order chi connectivity index (χ0) is 9.80. The van der Waals surface area contributed by atoms with Crippen LogP contribution < -0.4 is 4.74 Å². The van der Waals surface area contributed by atoms with Gasteiger partial charge in [0.15, 0.2) is 0 Å². The maximum absolute atomic E-state index is 9.03. The highest BCUT2D eigenvalue weighted by Crippen LogP contribution is 2.25. The first-order chi connectivity index (χ1) is 6.90. The SMILES string of the molecule is OCc1ccccc1Oc1nncs1. The standard InChI is InChI=1S/C9H8N2O2S/c12-5-7-3-1-2-4-8(7)13-9-11-10-6-14-9/h1-4,6,12H,5H2. The Morgan fingerprint density at radius 3 is 2.93 bits per heavy atom. The second kappa shape index (κ2) is 4.17. The summed E-state index contributed by atoms with van der Waals surface area (Å²) < 4.78 is 5.43. The lowest BCUT2D eigenvalue weighted by Crippen LogP contribution is -1.90. The highest BCUT2D eigenvalue weighted by atomic mass is 32.1. The molecule has 2 aromatic rings. The van der Waals surface area contributed by atoms with E-state index in [1.165, 1.54) is 11.3 Å². The molecule has 1 aromatic heterocycles. The van der Waals surface area contributed by atoms with Crippen LogP contribution in [0.4, 0.5) is 0 Å². The van der Waals surface area contributed by atoms with Crippen LogP contribution in [-0.4, -0.2) is 15.3 Å². The van der Waals surface area contributed by atoms with Gasteiger partial charge in [-0.05, 0) is 6.07 Å². The Labute approximate surface area is 84.8 Å². The van der Waals surface area contributed by atoms with Gasteiger partial charge in [0.25, 0.3) is 5.19 Å². The molecule has 1 N–H and O–H groups in total. The van der Waals surface area contributed by atoms with Crippen molar-refractivity contribution in [2.45, 2.75) is 6.61 Å². The summed E-state index contributed by atoms with van der Waals surface area (Å²) in [4.78, 5) is 0. The number of rotatable bonds is 3. The number of hydrogen-bond acceptors (Lipinski definition) is 5. The van der Waals surface area contributed by atoms with Gasteiger partial charge in [-0.1, -0.05) is 34.6 Å². The Balaban J connectivity index is 2.24. The molecule has 1 heterocycles. The highest BCUT2D eigenvalue weighted by Gasteiger charge is 2.04. The number of aliphatic hydroxyl groups is 1. The average Bonchev–Trinajstić information content (AvgIpc) is 2.71. The lowest BCUT2D eigenvalue weighted by Gasteiger charge is -2.05. The number of nitrogens with zero attached hydrogens (tertiary/aromatic N) is 2. The summed E-state index contributed by atoms with van der Waals surface area (Å²) in [5.74, 6) is 0.617. The maximum atomic E-state index is 9.03. The third kappa shape index (κ3) is 1.89. The van der Waals surface area contributed by atoms with E-state index in [9.17, 15) is 0 Å². The van der Waals surface area contributed by atoms with E-state index < -0.39 is 0 Å². The van der Waals surface area contributed by atoms with Gasteiger partial charge in [-0.25, -0.2) is 0 Å². The summed E-state index contributed by atoms with van der Waals surface area (Å²) in [6, 6.07) is 7.28. The molecule has 0 saturated carbocycles. The molecule has 14 heavy (non-hydrogen) atoms. The van der Waals surface area contributed by atoms with E-state index in [0.29, 0.717) is 10.9 Å². The topological polar surface area (TPSA) is 55.2 Å². The van der Waals surface area contributed by atoms with Crippen LogP contribution in [0.1, 0.15) is 5.56 Å². The Morgan fingerprint density at radius 1 is 1.36 bits per heavy atom. The van der Waals surface area contributed by atoms with Crippen molar-refractivity contribution in [2.24, 2.45) is 0 Å². The molecule has 5 heteroatoms. The Kier molecular flexibility index (Phi) is 2.71. The first-order valence-electron chi connectivity index (χ1n) is 4.03. The van der Waals surface area contributed by atoms with Crippen LogP contribution >= 0.6 is 11.3 Å². The van der Waals surface area contributed by atoms with Crippen LogP contribution in [0.25, 0.3) is 0 Å². The van der Waals surface area contributed by atoms with Gasteiger partial charge >= 0.3 is 0 Å². The van der Waals surface area contributed by atoms with Gasteiger partial charge in [0, 0.05) is 5.56 Å². The van der Waals surface area contributed by atoms with Gasteiger partial charge in [0.1, 0.15) is 11.3 Å². The minimum Gasteiger partial charge on any atom is -0.429 e. The van der Waals surface area contributed by atoms with Crippen LogP contribution in [0.3, 0.4) is 0 Å². The molecule has 4 nitrogen and oxygen atoms in total. The number of benzene rings is 1. The van der Waals surface area contributed by atoms with Crippen LogP contribution in [0.5, 0.6) is 10.9 Å². The summed E-state index contributed by atoms with van der Waals surface area (Å²) in [6.45, 7) is -0.0466. The fraction of sp³-hybridized carbons (Fsp3) is 0.111. The van der Waals surface area contributed by atoms with Crippen molar-refractivity contribution in [3.63, 3.8) is 0 Å². The molecule has 0 amide bonds. The first-order valence-corrected chi connectivity index (χ1v) is 4.91. The van der Waals surface area contributed by atoms with Gasteiger partial charge in [-0.2, -0.15) is 0 Å². The lowest BCUT2D eigenvalue weighted by atomic mass is 10.2. The Bertz CT molecular complexity index is 403. The van der Waals surface area contributed by atoms with Crippen LogP contribution in [0.2, 0.25) is 0 Å². The molecule has 0 radical (unpaired) electrons. The molecule has 0 unspecified atom stereocenters. The summed E-state index contributed by atoms with van der Waals surface area (Å²) in [5, 5.41) is 16.9. The van der Waals surface area contributed by atoms with E-state index in [0.717, 1.165) is 5.56 Å². The van der Waals surface area contributed by atoms with E-state index in [1.807, 2.05) is 12.1 Å². The Morgan fingerprint density at radius 2 is 2.21 bits per heavy atom. The average molecular weight is 208 g/mol. The molecule has 1 aromatic carbocycles. The second-order valence-electron chi connectivity index (χ2n) is 2.57. The van der Waals surface area contributed by atoms with E-state index >= 15 is 0 Å². The van der Waals surface area contributed by atoms with E-state index in [-0.39, 0.29) is 6.61 Å². The molecule has 0 atom stereocenters. The molecule has 0 aliphatic rings. The van der Waals surface area contributed by atoms with Crippen molar-refractivity contribution >= 4 is 11.3 Å². The zero-order valence-corrected chi connectivity index (χ0v) is 8.07. The van der Waals surface area contributed by atoms with Gasteiger partial charge < -0.3 is 9.84 Å². The summed E-state index contributed by atoms with van der Waals surface area (Å²) in [6.07, 6.45) is 0. The summed E-state index contributed by atoms with van der Waals surface area (Å²) in [5.41, 5.74) is 2.33. The monoisotopic (exact) mass is 208 g/mol. The van der Waals surface area contributed by atoms with Crippen molar-refractivity contribution in [1.29, 1.82) is 0 Å². The fourth-order valence-corrected chi connectivity index (χ4v) is 1.45. The number of aromatic nitrogens is 2. The van der Waals surface area contributed by atoms with E-state index in [4.69, 9.17) is 9.84 Å². The molecular weight excluding hydrogens is 200 g/mol. The predicted molar refractivity (Wildman–Crippen MR) is 52.3 cm³/mol. The minimum absolute atomic E-state index is 0.0466. The van der Waals surface area contributed by atoms with Gasteiger partial charge in [-0.15, -0.1) is 5.10 Å². The van der Waals surface area contributed by atoms with Gasteiger partial charge in [0.2, 0.25) is 0 Å². The summed E-state index contributed by atoms with van der Waals surface area (Å²) >= 11 is 1.31. The molecule has 0 fully saturated rings. The molecular formula is C9H8N2O2S. The lowest BCUT2D eigenvalue weighted by molar-refractivity contribution is 0.276. The highest BCUT2D eigenvalue weighted by molar-refractivity contribution is 7.11. The summed E-state index contributed by atoms with van der Waals surface area (Å²) in [7, 11) is 0. The third-order valence-corrected chi connectivity index (χ3v) is 2.25. The predicted octanol–water partition coefficient (Wildman–Crippen LogP) is 1.82. The second-order valence-corrected chi connectivity index (χ2v) is 3.37.